The fourth-order valence-corrected chi connectivity index (χ4v) is 5.52. The lowest BCUT2D eigenvalue weighted by Gasteiger charge is -2.37. The second kappa shape index (κ2) is 12.6. The molecule has 2 aromatic rings. The Labute approximate surface area is 249 Å². The molecule has 2 fully saturated rings. The predicted molar refractivity (Wildman–Crippen MR) is 150 cm³/mol. The highest BCUT2D eigenvalue weighted by Crippen LogP contribution is 2.21. The number of β-lactam (4-membered cyclic amide) rings is 1. The summed E-state index contributed by atoms with van der Waals surface area (Å²) < 4.78 is 37.2. The van der Waals surface area contributed by atoms with Crippen LogP contribution in [0.5, 0.6) is 5.75 Å². The summed E-state index contributed by atoms with van der Waals surface area (Å²) in [6.07, 6.45) is 0. The van der Waals surface area contributed by atoms with Crippen molar-refractivity contribution in [2.45, 2.75) is 25.9 Å². The summed E-state index contributed by atoms with van der Waals surface area (Å²) in [4.78, 5) is 79.5. The number of urea groups is 2. The van der Waals surface area contributed by atoms with Gasteiger partial charge >= 0.3 is 34.1 Å². The first-order valence-corrected chi connectivity index (χ1v) is 15.0. The number of likely N-dealkylation sites (tertiary alicyclic amines) is 1. The van der Waals surface area contributed by atoms with Gasteiger partial charge in [0.2, 0.25) is 5.91 Å². The third-order valence-corrected chi connectivity index (χ3v) is 8.11. The molecule has 0 spiro atoms. The van der Waals surface area contributed by atoms with Gasteiger partial charge in [0.05, 0.1) is 13.7 Å². The first kappa shape index (κ1) is 31.2. The number of imide groups is 2. The molecule has 1 aromatic carbocycles. The van der Waals surface area contributed by atoms with E-state index in [0.717, 1.165) is 16.4 Å². The molecule has 2 aliphatic heterocycles. The molecule has 0 radical (unpaired) electrons. The molecule has 2 aliphatic rings. The van der Waals surface area contributed by atoms with Gasteiger partial charge in [-0.3, -0.25) is 29.0 Å². The second-order valence-electron chi connectivity index (χ2n) is 9.34. The van der Waals surface area contributed by atoms with E-state index < -0.39 is 58.0 Å². The van der Waals surface area contributed by atoms with Gasteiger partial charge in [-0.25, -0.2) is 19.0 Å². The molecule has 1 aromatic heterocycles. The Morgan fingerprint density at radius 3 is 2.35 bits per heavy atom. The summed E-state index contributed by atoms with van der Waals surface area (Å²) >= 11 is 1.04. The number of amides is 8. The Morgan fingerprint density at radius 1 is 1.07 bits per heavy atom. The van der Waals surface area contributed by atoms with Gasteiger partial charge < -0.3 is 20.3 Å². The van der Waals surface area contributed by atoms with Crippen LogP contribution >= 0.6 is 11.5 Å². The van der Waals surface area contributed by atoms with Crippen molar-refractivity contribution in [1.29, 1.82) is 0 Å². The topological polar surface area (TPSA) is 217 Å². The molecule has 4 rings (SSSR count). The van der Waals surface area contributed by atoms with Crippen LogP contribution in [0.15, 0.2) is 30.3 Å². The van der Waals surface area contributed by atoms with Crippen LogP contribution in [0.3, 0.4) is 0 Å². The van der Waals surface area contributed by atoms with Crippen LogP contribution in [0.2, 0.25) is 0 Å². The summed E-state index contributed by atoms with van der Waals surface area (Å²) in [7, 11) is -2.97. The average Bonchev–Trinajstić information content (AvgIpc) is 3.37. The molecular formula is C24H28N8O9S2. The summed E-state index contributed by atoms with van der Waals surface area (Å²) in [5.74, 6) is -3.22. The third-order valence-electron chi connectivity index (χ3n) is 6.49. The monoisotopic (exact) mass is 636 g/mol. The number of nitrogens with zero attached hydrogens (tertiary/aromatic N) is 4. The number of aryl methyl sites for hydroxylation is 1. The van der Waals surface area contributed by atoms with Crippen LogP contribution < -0.4 is 24.8 Å². The van der Waals surface area contributed by atoms with Crippen molar-refractivity contribution >= 4 is 63.3 Å². The van der Waals surface area contributed by atoms with Gasteiger partial charge in [-0.05, 0) is 49.1 Å². The number of hydrogen-bond acceptors (Lipinski definition) is 11. The van der Waals surface area contributed by atoms with Crippen molar-refractivity contribution in [3.8, 4) is 5.75 Å². The van der Waals surface area contributed by atoms with Gasteiger partial charge in [0.1, 0.15) is 17.8 Å². The van der Waals surface area contributed by atoms with Crippen LogP contribution in [0.4, 0.5) is 15.4 Å². The highest BCUT2D eigenvalue weighted by molar-refractivity contribution is 7.91. The van der Waals surface area contributed by atoms with Crippen molar-refractivity contribution in [2.75, 3.05) is 38.0 Å². The Bertz CT molecular complexity index is 1560. The molecule has 17 nitrogen and oxygen atoms in total. The van der Waals surface area contributed by atoms with Crippen LogP contribution in [-0.2, 0) is 29.4 Å². The lowest BCUT2D eigenvalue weighted by Crippen LogP contribution is -2.68. The van der Waals surface area contributed by atoms with E-state index in [1.807, 2.05) is 0 Å². The first-order valence-electron chi connectivity index (χ1n) is 12.8. The number of anilines is 1. The van der Waals surface area contributed by atoms with Crippen molar-refractivity contribution < 1.29 is 41.9 Å². The Morgan fingerprint density at radius 2 is 1.77 bits per heavy atom. The summed E-state index contributed by atoms with van der Waals surface area (Å²) in [6, 6.07) is 2.58. The Kier molecular flexibility index (Phi) is 9.14. The number of carbonyl (C=O) groups excluding carboxylic acids is 6. The molecule has 19 heteroatoms. The number of hydrogen-bond donors (Lipinski definition) is 4. The summed E-state index contributed by atoms with van der Waals surface area (Å²) in [5.41, 5.74) is 0.258. The molecular weight excluding hydrogens is 608 g/mol. The van der Waals surface area contributed by atoms with Crippen molar-refractivity contribution in [1.82, 2.24) is 34.4 Å². The molecule has 0 aliphatic carbocycles. The van der Waals surface area contributed by atoms with Gasteiger partial charge in [0.25, 0.3) is 5.91 Å². The number of likely N-dealkylation sites (N-methyl/N-ethyl adjacent to an activating group) is 1. The zero-order chi connectivity index (χ0) is 31.5. The van der Waals surface area contributed by atoms with E-state index in [1.165, 1.54) is 42.3 Å². The molecule has 2 atom stereocenters. The number of benzene rings is 1. The molecule has 2 saturated heterocycles. The number of carbonyl (C=O) groups is 6. The van der Waals surface area contributed by atoms with Crippen LogP contribution in [0.25, 0.3) is 0 Å². The fraction of sp³-hybridized carbons (Fsp3) is 0.375. The summed E-state index contributed by atoms with van der Waals surface area (Å²) in [6.45, 7) is 3.35. The molecule has 3 heterocycles. The smallest absolute Gasteiger partial charge is 0.339 e. The molecule has 4 N–H and O–H groups in total. The number of ether oxygens (including phenoxy) is 1. The Balaban J connectivity index is 1.41. The lowest BCUT2D eigenvalue weighted by atomic mass is 10.0. The van der Waals surface area contributed by atoms with Gasteiger partial charge in [0.15, 0.2) is 5.82 Å². The minimum absolute atomic E-state index is 0.00666. The van der Waals surface area contributed by atoms with E-state index in [4.69, 9.17) is 4.74 Å². The van der Waals surface area contributed by atoms with E-state index in [-0.39, 0.29) is 37.6 Å². The molecule has 0 saturated carbocycles. The maximum Gasteiger partial charge on any atom is 0.339 e. The van der Waals surface area contributed by atoms with Crippen molar-refractivity contribution in [3.63, 3.8) is 0 Å². The fourth-order valence-electron chi connectivity index (χ4n) is 4.19. The number of nitrogens with one attached hydrogen (secondary N) is 4. The maximum absolute atomic E-state index is 13.3. The standard InChI is InChI=1S/C24H28N8O9S2/c1-4-30-9-10-31(22(36)21(30)35)23(37)26-18(14-5-7-15(41-3)8-6-14)19(33)25-16-12-32(20(16)34)24(38)29-43(39,40)28-17-11-13(2)42-27-17/h5-8,11,16,18H,4,9-10,12H2,1-3H3,(H,25,33)(H,26,37)(H,27,28)(H,29,38)/t16-,18?/m1/s1. The van der Waals surface area contributed by atoms with E-state index >= 15 is 0 Å². The minimum atomic E-state index is -4.40. The molecule has 1 unspecified atom stereocenters. The number of aromatic nitrogens is 1. The Hall–Kier alpha value is -4.78. The summed E-state index contributed by atoms with van der Waals surface area (Å²) in [5, 5.41) is 4.85. The normalized spacial score (nSPS) is 17.6. The zero-order valence-electron chi connectivity index (χ0n) is 23.1. The second-order valence-corrected chi connectivity index (χ2v) is 11.8. The van der Waals surface area contributed by atoms with Gasteiger partial charge in [-0.15, -0.1) is 0 Å². The highest BCUT2D eigenvalue weighted by Gasteiger charge is 2.44. The number of piperazine rings is 1. The van der Waals surface area contributed by atoms with Crippen LogP contribution in [0, 0.1) is 6.92 Å². The predicted octanol–water partition coefficient (Wildman–Crippen LogP) is -0.705. The average molecular weight is 637 g/mol. The number of rotatable bonds is 9. The number of methoxy groups -OCH3 is 1. The minimum Gasteiger partial charge on any atom is -0.497 e. The molecule has 8 amide bonds. The molecule has 230 valence electrons. The first-order chi connectivity index (χ1) is 20.3. The lowest BCUT2D eigenvalue weighted by molar-refractivity contribution is -0.153. The van der Waals surface area contributed by atoms with Crippen LogP contribution in [0.1, 0.15) is 23.4 Å². The van der Waals surface area contributed by atoms with E-state index in [0.29, 0.717) is 15.5 Å². The van der Waals surface area contributed by atoms with Crippen molar-refractivity contribution in [3.05, 3.63) is 40.8 Å². The van der Waals surface area contributed by atoms with Crippen molar-refractivity contribution in [2.24, 2.45) is 0 Å². The quantitative estimate of drug-likeness (QED) is 0.200. The van der Waals surface area contributed by atoms with Gasteiger partial charge in [0, 0.05) is 24.5 Å². The van der Waals surface area contributed by atoms with E-state index in [9.17, 15) is 37.2 Å². The van der Waals surface area contributed by atoms with Crippen LogP contribution in [-0.4, -0.2) is 103 Å². The van der Waals surface area contributed by atoms with E-state index in [1.54, 1.807) is 18.6 Å². The molecule has 43 heavy (non-hydrogen) atoms. The van der Waals surface area contributed by atoms with Gasteiger partial charge in [-0.1, -0.05) is 12.1 Å². The van der Waals surface area contributed by atoms with Gasteiger partial charge in [-0.2, -0.15) is 12.8 Å². The molecule has 0 bridgehead atoms. The zero-order valence-corrected chi connectivity index (χ0v) is 24.8. The largest absolute Gasteiger partial charge is 0.497 e. The SMILES string of the molecule is CCN1CCN(C(=O)NC(C(=O)N[C@@H]2CN(C(=O)NS(=O)(=O)Nc3cc(C)sn3)C2=O)c2ccc(OC)cc2)C(=O)C1=O. The van der Waals surface area contributed by atoms with E-state index in [2.05, 4.69) is 19.7 Å². The third kappa shape index (κ3) is 7.00. The maximum atomic E-state index is 13.3. The highest BCUT2D eigenvalue weighted by atomic mass is 32.2.